The van der Waals surface area contributed by atoms with Gasteiger partial charge in [-0.25, -0.2) is 4.79 Å². The summed E-state index contributed by atoms with van der Waals surface area (Å²) in [7, 11) is 0. The minimum Gasteiger partial charge on any atom is -0.481 e. The molecule has 2 amide bonds. The summed E-state index contributed by atoms with van der Waals surface area (Å²) in [6.45, 7) is 2.23. The maximum atomic E-state index is 12.3. The Morgan fingerprint density at radius 1 is 1.16 bits per heavy atom. The van der Waals surface area contributed by atoms with Crippen molar-refractivity contribution in [2.75, 3.05) is 39.4 Å². The number of likely N-dealkylation sites (tertiary alicyclic amines) is 1. The first-order valence-corrected chi connectivity index (χ1v) is 6.61. The van der Waals surface area contributed by atoms with E-state index in [9.17, 15) is 9.59 Å². The lowest BCUT2D eigenvalue weighted by Crippen LogP contribution is -2.53. The maximum Gasteiger partial charge on any atom is 0.320 e. The summed E-state index contributed by atoms with van der Waals surface area (Å²) >= 11 is 0. The molecule has 1 atom stereocenters. The van der Waals surface area contributed by atoms with E-state index >= 15 is 0 Å². The van der Waals surface area contributed by atoms with E-state index in [0.29, 0.717) is 45.6 Å². The maximum absolute atomic E-state index is 12.3. The van der Waals surface area contributed by atoms with Crippen LogP contribution in [-0.4, -0.2) is 77.5 Å². The Bertz CT molecular complexity index is 341. The normalized spacial score (nSPS) is 25.4. The van der Waals surface area contributed by atoms with Crippen molar-refractivity contribution < 1.29 is 24.5 Å². The molecule has 108 valence electrons. The van der Waals surface area contributed by atoms with E-state index in [1.807, 2.05) is 0 Å². The predicted octanol–water partition coefficient (Wildman–Crippen LogP) is -0.404. The van der Waals surface area contributed by atoms with E-state index in [0.717, 1.165) is 0 Å². The summed E-state index contributed by atoms with van der Waals surface area (Å²) in [5, 5.41) is 18.0. The average Bonchev–Trinajstić information content (AvgIpc) is 2.46. The van der Waals surface area contributed by atoms with Crippen molar-refractivity contribution in [1.29, 1.82) is 0 Å². The molecule has 0 bridgehead atoms. The van der Waals surface area contributed by atoms with Gasteiger partial charge in [-0.3, -0.25) is 4.79 Å². The molecule has 0 aromatic carbocycles. The van der Waals surface area contributed by atoms with Crippen LogP contribution in [0.25, 0.3) is 0 Å². The number of carbonyl (C=O) groups excluding carboxylic acids is 1. The number of rotatable bonds is 2. The van der Waals surface area contributed by atoms with Crippen LogP contribution in [0.4, 0.5) is 4.79 Å². The molecule has 2 heterocycles. The van der Waals surface area contributed by atoms with Gasteiger partial charge in [0.2, 0.25) is 0 Å². The number of carboxylic acid groups (broad SMARTS) is 1. The van der Waals surface area contributed by atoms with Crippen LogP contribution in [0.2, 0.25) is 0 Å². The molecule has 0 radical (unpaired) electrons. The first-order chi connectivity index (χ1) is 9.11. The topological polar surface area (TPSA) is 90.3 Å². The number of hydrogen-bond donors (Lipinski definition) is 2. The second-order valence-electron chi connectivity index (χ2n) is 5.00. The highest BCUT2D eigenvalue weighted by Gasteiger charge is 2.31. The van der Waals surface area contributed by atoms with Crippen molar-refractivity contribution >= 4 is 12.0 Å². The van der Waals surface area contributed by atoms with Crippen molar-refractivity contribution in [3.8, 4) is 0 Å². The molecule has 2 aliphatic rings. The second kappa shape index (κ2) is 6.21. The summed E-state index contributed by atoms with van der Waals surface area (Å²) < 4.78 is 5.30. The minimum atomic E-state index is -0.779. The summed E-state index contributed by atoms with van der Waals surface area (Å²) in [6.07, 6.45) is 0.707. The molecule has 0 aromatic heterocycles. The zero-order valence-electron chi connectivity index (χ0n) is 10.8. The van der Waals surface area contributed by atoms with E-state index in [4.69, 9.17) is 14.9 Å². The lowest BCUT2D eigenvalue weighted by atomic mass is 9.97. The van der Waals surface area contributed by atoms with E-state index in [2.05, 4.69) is 0 Å². The Hall–Kier alpha value is -1.34. The molecular formula is C12H20N2O5. The van der Waals surface area contributed by atoms with Crippen LogP contribution < -0.4 is 0 Å². The van der Waals surface area contributed by atoms with Crippen LogP contribution in [0.1, 0.15) is 12.8 Å². The van der Waals surface area contributed by atoms with Crippen molar-refractivity contribution in [3.05, 3.63) is 0 Å². The number of aliphatic hydroxyl groups excluding tert-OH is 1. The van der Waals surface area contributed by atoms with Crippen LogP contribution in [-0.2, 0) is 9.53 Å². The molecule has 0 aliphatic carbocycles. The third kappa shape index (κ3) is 3.36. The molecule has 19 heavy (non-hydrogen) atoms. The quantitative estimate of drug-likeness (QED) is 0.713. The van der Waals surface area contributed by atoms with Crippen LogP contribution in [0.5, 0.6) is 0 Å². The summed E-state index contributed by atoms with van der Waals surface area (Å²) in [5.74, 6) is -1.11. The van der Waals surface area contributed by atoms with Crippen molar-refractivity contribution in [1.82, 2.24) is 9.80 Å². The molecule has 1 unspecified atom stereocenters. The molecule has 0 spiro atoms. The first-order valence-electron chi connectivity index (χ1n) is 6.61. The lowest BCUT2D eigenvalue weighted by Gasteiger charge is -2.38. The lowest BCUT2D eigenvalue weighted by molar-refractivity contribution is -0.143. The van der Waals surface area contributed by atoms with Crippen LogP contribution >= 0.6 is 0 Å². The number of urea groups is 1. The van der Waals surface area contributed by atoms with Gasteiger partial charge < -0.3 is 24.7 Å². The highest BCUT2D eigenvalue weighted by Crippen LogP contribution is 2.19. The number of morpholine rings is 1. The highest BCUT2D eigenvalue weighted by atomic mass is 16.5. The molecule has 2 N–H and O–H groups in total. The summed E-state index contributed by atoms with van der Waals surface area (Å²) in [4.78, 5) is 26.5. The standard InChI is InChI=1S/C12H20N2O5/c15-8-10-7-14(5-6-19-10)12(18)13-3-1-9(2-4-13)11(16)17/h9-10,15H,1-8H2,(H,16,17). The minimum absolute atomic E-state index is 0.0782. The van der Waals surface area contributed by atoms with Gasteiger partial charge in [0, 0.05) is 19.6 Å². The number of aliphatic carboxylic acids is 1. The van der Waals surface area contributed by atoms with Gasteiger partial charge in [0.15, 0.2) is 0 Å². The van der Waals surface area contributed by atoms with Gasteiger partial charge in [0.25, 0.3) is 0 Å². The monoisotopic (exact) mass is 272 g/mol. The smallest absolute Gasteiger partial charge is 0.320 e. The predicted molar refractivity (Wildman–Crippen MR) is 65.7 cm³/mol. The zero-order chi connectivity index (χ0) is 13.8. The van der Waals surface area contributed by atoms with E-state index < -0.39 is 5.97 Å². The molecule has 0 saturated carbocycles. The Morgan fingerprint density at radius 3 is 2.42 bits per heavy atom. The third-order valence-corrected chi connectivity index (χ3v) is 3.73. The summed E-state index contributed by atoms with van der Waals surface area (Å²) in [6, 6.07) is -0.0782. The fourth-order valence-electron chi connectivity index (χ4n) is 2.52. The van der Waals surface area contributed by atoms with Gasteiger partial charge in [0.05, 0.1) is 31.8 Å². The van der Waals surface area contributed by atoms with Crippen LogP contribution in [0, 0.1) is 5.92 Å². The number of carbonyl (C=O) groups is 2. The van der Waals surface area contributed by atoms with Gasteiger partial charge in [-0.2, -0.15) is 0 Å². The number of carboxylic acids is 1. The SMILES string of the molecule is O=C(O)C1CCN(C(=O)N2CCOC(CO)C2)CC1. The van der Waals surface area contributed by atoms with Crippen LogP contribution in [0.3, 0.4) is 0 Å². The van der Waals surface area contributed by atoms with Crippen molar-refractivity contribution in [3.63, 3.8) is 0 Å². The molecule has 7 nitrogen and oxygen atoms in total. The number of amides is 2. The Morgan fingerprint density at radius 2 is 1.84 bits per heavy atom. The van der Waals surface area contributed by atoms with E-state index in [1.165, 1.54) is 0 Å². The first kappa shape index (κ1) is 14.1. The number of aliphatic hydroxyl groups is 1. The van der Waals surface area contributed by atoms with E-state index in [-0.39, 0.29) is 24.7 Å². The van der Waals surface area contributed by atoms with Gasteiger partial charge in [-0.1, -0.05) is 0 Å². The van der Waals surface area contributed by atoms with Gasteiger partial charge in [0.1, 0.15) is 0 Å². The molecule has 2 aliphatic heterocycles. The molecule has 0 aromatic rings. The van der Waals surface area contributed by atoms with Crippen LogP contribution in [0.15, 0.2) is 0 Å². The zero-order valence-corrected chi connectivity index (χ0v) is 10.8. The number of piperidine rings is 1. The Labute approximate surface area is 111 Å². The Kier molecular flexibility index (Phi) is 4.60. The molecule has 2 saturated heterocycles. The fourth-order valence-corrected chi connectivity index (χ4v) is 2.52. The molecule has 2 rings (SSSR count). The third-order valence-electron chi connectivity index (χ3n) is 3.73. The van der Waals surface area contributed by atoms with E-state index in [1.54, 1.807) is 9.80 Å². The van der Waals surface area contributed by atoms with Gasteiger partial charge in [-0.15, -0.1) is 0 Å². The number of ether oxygens (including phenoxy) is 1. The number of nitrogens with zero attached hydrogens (tertiary/aromatic N) is 2. The molecule has 2 fully saturated rings. The Balaban J connectivity index is 1.85. The molecule has 7 heteroatoms. The largest absolute Gasteiger partial charge is 0.481 e. The summed E-state index contributed by atoms with van der Waals surface area (Å²) in [5.41, 5.74) is 0. The molecular weight excluding hydrogens is 252 g/mol. The van der Waals surface area contributed by atoms with Crippen molar-refractivity contribution in [2.24, 2.45) is 5.92 Å². The van der Waals surface area contributed by atoms with Gasteiger partial charge in [-0.05, 0) is 12.8 Å². The highest BCUT2D eigenvalue weighted by molar-refractivity contribution is 5.75. The second-order valence-corrected chi connectivity index (χ2v) is 5.00. The average molecular weight is 272 g/mol. The fraction of sp³-hybridized carbons (Fsp3) is 0.833. The van der Waals surface area contributed by atoms with Crippen molar-refractivity contribution in [2.45, 2.75) is 18.9 Å². The number of hydrogen-bond acceptors (Lipinski definition) is 4. The van der Waals surface area contributed by atoms with Gasteiger partial charge >= 0.3 is 12.0 Å².